The second kappa shape index (κ2) is 4.92. The summed E-state index contributed by atoms with van der Waals surface area (Å²) in [6.07, 6.45) is 1.93. The Morgan fingerprint density at radius 2 is 1.82 bits per heavy atom. The Morgan fingerprint density at radius 1 is 1.35 bits per heavy atom. The van der Waals surface area contributed by atoms with Crippen LogP contribution in [0.1, 0.15) is 40.5 Å². The van der Waals surface area contributed by atoms with Crippen LogP contribution in [-0.4, -0.2) is 46.8 Å². The lowest BCUT2D eigenvalue weighted by Crippen LogP contribution is -2.62. The Morgan fingerprint density at radius 3 is 2.24 bits per heavy atom. The molecule has 0 bridgehead atoms. The third-order valence-corrected chi connectivity index (χ3v) is 3.27. The highest BCUT2D eigenvalue weighted by Crippen LogP contribution is 2.30. The molecule has 0 aromatic rings. The molecule has 0 saturated carbocycles. The highest BCUT2D eigenvalue weighted by molar-refractivity contribution is 5.70. The summed E-state index contributed by atoms with van der Waals surface area (Å²) in [6, 6.07) is 0.306. The molecule has 1 heterocycles. The van der Waals surface area contributed by atoms with Crippen LogP contribution in [0.15, 0.2) is 0 Å². The molecule has 5 heteroatoms. The van der Waals surface area contributed by atoms with Crippen molar-refractivity contribution in [2.75, 3.05) is 13.6 Å². The van der Waals surface area contributed by atoms with Crippen molar-refractivity contribution in [3.05, 3.63) is 0 Å². The molecule has 0 atom stereocenters. The van der Waals surface area contributed by atoms with E-state index in [2.05, 4.69) is 37.9 Å². The molecule has 1 aliphatic rings. The molecule has 5 nitrogen and oxygen atoms in total. The van der Waals surface area contributed by atoms with Crippen molar-refractivity contribution >= 4 is 5.97 Å². The largest absolute Gasteiger partial charge is 0.355 e. The Bertz CT molecular complexity index is 273. The molecule has 1 fully saturated rings. The van der Waals surface area contributed by atoms with Gasteiger partial charge in [-0.15, -0.1) is 0 Å². The van der Waals surface area contributed by atoms with Gasteiger partial charge < -0.3 is 5.32 Å². The molecule has 17 heavy (non-hydrogen) atoms. The summed E-state index contributed by atoms with van der Waals surface area (Å²) in [5.41, 5.74) is 0.0909. The number of likely N-dealkylation sites (N-methyl/N-ethyl adjacent to an activating group) is 1. The topological polar surface area (TPSA) is 61.8 Å². The van der Waals surface area contributed by atoms with Gasteiger partial charge in [0.2, 0.25) is 0 Å². The second-order valence-electron chi connectivity index (χ2n) is 6.33. The first-order valence-corrected chi connectivity index (χ1v) is 5.99. The lowest BCUT2D eigenvalue weighted by molar-refractivity contribution is -0.235. The molecule has 0 radical (unpaired) electrons. The van der Waals surface area contributed by atoms with E-state index in [4.69, 9.17) is 5.26 Å². The minimum Gasteiger partial charge on any atom is -0.307 e. The molecule has 0 aliphatic carbocycles. The minimum absolute atomic E-state index is 0.0454. The van der Waals surface area contributed by atoms with E-state index in [-0.39, 0.29) is 17.6 Å². The number of rotatable bonds is 3. The van der Waals surface area contributed by atoms with E-state index < -0.39 is 5.97 Å². The maximum absolute atomic E-state index is 11.1. The zero-order valence-electron chi connectivity index (χ0n) is 11.4. The summed E-state index contributed by atoms with van der Waals surface area (Å²) in [6.45, 7) is 8.78. The molecule has 0 unspecified atom stereocenters. The van der Waals surface area contributed by atoms with Gasteiger partial charge in [0.15, 0.2) is 0 Å². The molecule has 0 aromatic heterocycles. The van der Waals surface area contributed by atoms with Gasteiger partial charge in [-0.25, -0.2) is 4.79 Å². The summed E-state index contributed by atoms with van der Waals surface area (Å²) in [5.74, 6) is -0.610. The average Bonchev–Trinajstić information content (AvgIpc) is 2.12. The fourth-order valence-electron chi connectivity index (χ4n) is 2.94. The summed E-state index contributed by atoms with van der Waals surface area (Å²) in [7, 11) is 1.89. The van der Waals surface area contributed by atoms with E-state index in [1.807, 2.05) is 11.9 Å². The maximum Gasteiger partial charge on any atom is 0.355 e. The van der Waals surface area contributed by atoms with Crippen LogP contribution in [0.5, 0.6) is 0 Å². The lowest BCUT2D eigenvalue weighted by Gasteiger charge is -2.48. The maximum atomic E-state index is 11.1. The highest BCUT2D eigenvalue weighted by atomic mass is 17.1. The van der Waals surface area contributed by atoms with Crippen molar-refractivity contribution < 1.29 is 14.9 Å². The Balaban J connectivity index is 2.67. The Labute approximate surface area is 103 Å². The molecular formula is C12H24N2O3. The van der Waals surface area contributed by atoms with Gasteiger partial charge in [-0.05, 0) is 47.6 Å². The van der Waals surface area contributed by atoms with Crippen molar-refractivity contribution in [1.29, 1.82) is 0 Å². The molecule has 2 N–H and O–H groups in total. The van der Waals surface area contributed by atoms with E-state index in [0.29, 0.717) is 6.04 Å². The molecule has 100 valence electrons. The number of carbonyl (C=O) groups is 1. The summed E-state index contributed by atoms with van der Waals surface area (Å²) in [5, 5.41) is 11.9. The van der Waals surface area contributed by atoms with Crippen molar-refractivity contribution in [1.82, 2.24) is 10.2 Å². The zero-order chi connectivity index (χ0) is 13.3. The van der Waals surface area contributed by atoms with Crippen LogP contribution in [0.4, 0.5) is 0 Å². The van der Waals surface area contributed by atoms with E-state index in [0.717, 1.165) is 12.8 Å². The highest BCUT2D eigenvalue weighted by Gasteiger charge is 2.39. The number of hydrogen-bond acceptors (Lipinski definition) is 5. The zero-order valence-corrected chi connectivity index (χ0v) is 11.4. The third-order valence-electron chi connectivity index (χ3n) is 3.27. The van der Waals surface area contributed by atoms with E-state index >= 15 is 0 Å². The fourth-order valence-corrected chi connectivity index (χ4v) is 2.94. The minimum atomic E-state index is -0.610. The van der Waals surface area contributed by atoms with Gasteiger partial charge in [-0.2, -0.15) is 5.26 Å². The molecule has 0 amide bonds. The van der Waals surface area contributed by atoms with Gasteiger partial charge in [0.25, 0.3) is 0 Å². The van der Waals surface area contributed by atoms with Gasteiger partial charge >= 0.3 is 5.97 Å². The molecule has 1 rings (SSSR count). The molecular weight excluding hydrogens is 220 g/mol. The summed E-state index contributed by atoms with van der Waals surface area (Å²) < 4.78 is 0. The van der Waals surface area contributed by atoms with Gasteiger partial charge in [0.05, 0.1) is 0 Å². The van der Waals surface area contributed by atoms with Crippen LogP contribution >= 0.6 is 0 Å². The molecule has 0 spiro atoms. The number of piperidine rings is 1. The summed E-state index contributed by atoms with van der Waals surface area (Å²) >= 11 is 0. The first kappa shape index (κ1) is 14.4. The molecule has 1 aliphatic heterocycles. The van der Waals surface area contributed by atoms with Crippen molar-refractivity contribution in [2.24, 2.45) is 0 Å². The van der Waals surface area contributed by atoms with E-state index in [1.54, 1.807) is 0 Å². The monoisotopic (exact) mass is 244 g/mol. The smallest absolute Gasteiger partial charge is 0.307 e. The van der Waals surface area contributed by atoms with Crippen LogP contribution in [0.3, 0.4) is 0 Å². The quantitative estimate of drug-likeness (QED) is 0.578. The second-order valence-corrected chi connectivity index (χ2v) is 6.33. The average molecular weight is 244 g/mol. The SMILES string of the molecule is CN(CC(=O)OO)C1CC(C)(C)NC(C)(C)C1. The van der Waals surface area contributed by atoms with Crippen LogP contribution in [0, 0.1) is 0 Å². The standard InChI is InChI=1S/C12H24N2O3/c1-11(2)6-9(7-12(3,4)13-11)14(5)8-10(15)17-16/h9,13,16H,6-8H2,1-5H3. The van der Waals surface area contributed by atoms with Crippen LogP contribution < -0.4 is 5.32 Å². The van der Waals surface area contributed by atoms with Crippen LogP contribution in [0.2, 0.25) is 0 Å². The van der Waals surface area contributed by atoms with Gasteiger partial charge in [0, 0.05) is 17.1 Å². The lowest BCUT2D eigenvalue weighted by atomic mass is 9.79. The predicted octanol–water partition coefficient (Wildman–Crippen LogP) is 1.24. The third kappa shape index (κ3) is 4.26. The summed E-state index contributed by atoms with van der Waals surface area (Å²) in [4.78, 5) is 16.7. The van der Waals surface area contributed by atoms with Crippen molar-refractivity contribution in [2.45, 2.75) is 57.7 Å². The van der Waals surface area contributed by atoms with Crippen molar-refractivity contribution in [3.63, 3.8) is 0 Å². The fraction of sp³-hybridized carbons (Fsp3) is 0.917. The molecule has 1 saturated heterocycles. The first-order chi connectivity index (χ1) is 7.65. The van der Waals surface area contributed by atoms with Gasteiger partial charge in [-0.3, -0.25) is 9.79 Å². The Hall–Kier alpha value is -0.650. The first-order valence-electron chi connectivity index (χ1n) is 5.99. The number of hydrogen-bond donors (Lipinski definition) is 2. The molecule has 0 aromatic carbocycles. The van der Waals surface area contributed by atoms with E-state index in [9.17, 15) is 4.79 Å². The van der Waals surface area contributed by atoms with Gasteiger partial charge in [0.1, 0.15) is 6.54 Å². The Kier molecular flexibility index (Phi) is 4.17. The normalized spacial score (nSPS) is 23.7. The number of nitrogens with zero attached hydrogens (tertiary/aromatic N) is 1. The number of nitrogens with one attached hydrogen (secondary N) is 1. The van der Waals surface area contributed by atoms with Crippen LogP contribution in [0.25, 0.3) is 0 Å². The number of carbonyl (C=O) groups excluding carboxylic acids is 1. The van der Waals surface area contributed by atoms with E-state index in [1.165, 1.54) is 0 Å². The van der Waals surface area contributed by atoms with Crippen molar-refractivity contribution in [3.8, 4) is 0 Å². The van der Waals surface area contributed by atoms with Gasteiger partial charge in [-0.1, -0.05) is 0 Å². The predicted molar refractivity (Wildman–Crippen MR) is 65.7 cm³/mol. The van der Waals surface area contributed by atoms with Crippen LogP contribution in [-0.2, 0) is 9.68 Å².